The van der Waals surface area contributed by atoms with Gasteiger partial charge in [-0.25, -0.2) is 4.98 Å². The van der Waals surface area contributed by atoms with Gasteiger partial charge >= 0.3 is 0 Å². The van der Waals surface area contributed by atoms with Crippen LogP contribution in [0.15, 0.2) is 41.5 Å². The Morgan fingerprint density at radius 3 is 2.93 bits per heavy atom. The van der Waals surface area contributed by atoms with E-state index in [1.165, 1.54) is 32.5 Å². The fraction of sp³-hybridized carbons (Fsp3) is 0.524. The van der Waals surface area contributed by atoms with Crippen molar-refractivity contribution in [3.8, 4) is 11.3 Å². The lowest BCUT2D eigenvalue weighted by atomic mass is 10.1. The Kier molecular flexibility index (Phi) is 6.87. The second kappa shape index (κ2) is 9.55. The zero-order valence-electron chi connectivity index (χ0n) is 16.8. The molecule has 3 rings (SSSR count). The van der Waals surface area contributed by atoms with Gasteiger partial charge in [0.1, 0.15) is 5.82 Å². The molecule has 1 aliphatic rings. The Hall–Kier alpha value is -2.34. The minimum atomic E-state index is 0.694. The number of imidazole rings is 1. The lowest BCUT2D eigenvalue weighted by Crippen LogP contribution is -2.41. The summed E-state index contributed by atoms with van der Waals surface area (Å²) in [5.41, 5.74) is 2.20. The summed E-state index contributed by atoms with van der Waals surface area (Å²) < 4.78 is 0. The zero-order valence-corrected chi connectivity index (χ0v) is 16.8. The molecule has 6 nitrogen and oxygen atoms in total. The molecule has 0 amide bonds. The van der Waals surface area contributed by atoms with Gasteiger partial charge in [-0.3, -0.25) is 4.99 Å². The average molecular weight is 369 g/mol. The van der Waals surface area contributed by atoms with E-state index in [9.17, 15) is 0 Å². The number of likely N-dealkylation sites (tertiary alicyclic amines) is 1. The summed E-state index contributed by atoms with van der Waals surface area (Å²) in [6.45, 7) is 7.56. The highest BCUT2D eigenvalue weighted by molar-refractivity contribution is 5.79. The van der Waals surface area contributed by atoms with Gasteiger partial charge in [-0.05, 0) is 37.4 Å². The Morgan fingerprint density at radius 1 is 1.37 bits per heavy atom. The number of aromatic amines is 1. The van der Waals surface area contributed by atoms with Gasteiger partial charge < -0.3 is 20.1 Å². The van der Waals surface area contributed by atoms with Crippen LogP contribution < -0.4 is 5.32 Å². The maximum absolute atomic E-state index is 4.53. The highest BCUT2D eigenvalue weighted by atomic mass is 15.3. The summed E-state index contributed by atoms with van der Waals surface area (Å²) in [6.07, 6.45) is 4.40. The number of aromatic nitrogens is 2. The van der Waals surface area contributed by atoms with E-state index in [0.29, 0.717) is 12.5 Å². The van der Waals surface area contributed by atoms with E-state index in [2.05, 4.69) is 56.2 Å². The van der Waals surface area contributed by atoms with Crippen molar-refractivity contribution >= 4 is 5.96 Å². The third kappa shape index (κ3) is 5.32. The zero-order chi connectivity index (χ0) is 19.1. The van der Waals surface area contributed by atoms with Crippen LogP contribution in [0, 0.1) is 5.92 Å². The smallest absolute Gasteiger partial charge is 0.193 e. The summed E-state index contributed by atoms with van der Waals surface area (Å²) in [5.74, 6) is 2.56. The van der Waals surface area contributed by atoms with Gasteiger partial charge in [0, 0.05) is 27.2 Å². The fourth-order valence-corrected chi connectivity index (χ4v) is 3.73. The molecule has 0 spiro atoms. The van der Waals surface area contributed by atoms with Gasteiger partial charge in [0.05, 0.1) is 18.4 Å². The highest BCUT2D eigenvalue weighted by Crippen LogP contribution is 2.17. The molecule has 27 heavy (non-hydrogen) atoms. The molecule has 0 bridgehead atoms. The number of guanidine groups is 1. The molecule has 2 heterocycles. The molecule has 146 valence electrons. The van der Waals surface area contributed by atoms with E-state index in [0.717, 1.165) is 29.6 Å². The molecule has 1 fully saturated rings. The van der Waals surface area contributed by atoms with Crippen molar-refractivity contribution in [1.82, 2.24) is 25.1 Å². The van der Waals surface area contributed by atoms with Crippen LogP contribution in [-0.4, -0.2) is 66.0 Å². The number of nitrogens with zero attached hydrogens (tertiary/aromatic N) is 4. The normalized spacial score (nSPS) is 18.0. The number of nitrogens with one attached hydrogen (secondary N) is 2. The minimum absolute atomic E-state index is 0.694. The van der Waals surface area contributed by atoms with Crippen molar-refractivity contribution in [2.75, 3.05) is 40.3 Å². The highest BCUT2D eigenvalue weighted by Gasteiger charge is 2.22. The fourth-order valence-electron chi connectivity index (χ4n) is 3.73. The molecule has 1 unspecified atom stereocenters. The molecule has 1 aromatic carbocycles. The Morgan fingerprint density at radius 2 is 2.19 bits per heavy atom. The van der Waals surface area contributed by atoms with Crippen LogP contribution in [0.2, 0.25) is 0 Å². The number of aliphatic imine (C=N–C) groups is 1. The molecule has 2 aromatic rings. The molecular weight excluding hydrogens is 336 g/mol. The van der Waals surface area contributed by atoms with Crippen molar-refractivity contribution < 1.29 is 0 Å². The summed E-state index contributed by atoms with van der Waals surface area (Å²) in [4.78, 5) is 17.1. The third-order valence-electron chi connectivity index (χ3n) is 5.13. The molecule has 1 aromatic heterocycles. The predicted molar refractivity (Wildman–Crippen MR) is 112 cm³/mol. The third-order valence-corrected chi connectivity index (χ3v) is 5.13. The summed E-state index contributed by atoms with van der Waals surface area (Å²) in [7, 11) is 3.90. The van der Waals surface area contributed by atoms with Crippen molar-refractivity contribution in [3.63, 3.8) is 0 Å². The Balaban J connectivity index is 1.50. The van der Waals surface area contributed by atoms with E-state index >= 15 is 0 Å². The lowest BCUT2D eigenvalue weighted by Gasteiger charge is -2.23. The molecule has 2 N–H and O–H groups in total. The number of hydrogen-bond donors (Lipinski definition) is 2. The molecule has 1 atom stereocenters. The lowest BCUT2D eigenvalue weighted by molar-refractivity contribution is 0.324. The van der Waals surface area contributed by atoms with Gasteiger partial charge in [0.2, 0.25) is 0 Å². The average Bonchev–Trinajstić information content (AvgIpc) is 3.33. The number of benzene rings is 1. The summed E-state index contributed by atoms with van der Waals surface area (Å²) in [6, 6.07) is 10.3. The topological polar surface area (TPSA) is 59.5 Å². The van der Waals surface area contributed by atoms with E-state index in [-0.39, 0.29) is 0 Å². The summed E-state index contributed by atoms with van der Waals surface area (Å²) >= 11 is 0. The first kappa shape index (κ1) is 19.4. The van der Waals surface area contributed by atoms with Crippen LogP contribution in [0.1, 0.15) is 25.6 Å². The first-order valence-electron chi connectivity index (χ1n) is 9.93. The van der Waals surface area contributed by atoms with Crippen LogP contribution in [0.4, 0.5) is 0 Å². The number of H-pyrrole nitrogens is 1. The second-order valence-electron chi connectivity index (χ2n) is 7.35. The molecular formula is C21H32N6. The van der Waals surface area contributed by atoms with E-state index in [1.54, 1.807) is 0 Å². The van der Waals surface area contributed by atoms with Crippen molar-refractivity contribution in [1.29, 1.82) is 0 Å². The first-order valence-corrected chi connectivity index (χ1v) is 9.93. The molecule has 0 aliphatic carbocycles. The van der Waals surface area contributed by atoms with Gasteiger partial charge in [-0.1, -0.05) is 37.3 Å². The molecule has 0 radical (unpaired) electrons. The monoisotopic (exact) mass is 368 g/mol. The number of hydrogen-bond acceptors (Lipinski definition) is 3. The predicted octanol–water partition coefficient (Wildman–Crippen LogP) is 2.82. The quantitative estimate of drug-likeness (QED) is 0.583. The van der Waals surface area contributed by atoms with Crippen LogP contribution in [0.5, 0.6) is 0 Å². The van der Waals surface area contributed by atoms with Gasteiger partial charge in [-0.15, -0.1) is 0 Å². The Labute approximate surface area is 162 Å². The van der Waals surface area contributed by atoms with Crippen LogP contribution in [0.25, 0.3) is 11.3 Å². The van der Waals surface area contributed by atoms with Crippen LogP contribution >= 0.6 is 0 Å². The van der Waals surface area contributed by atoms with Crippen LogP contribution in [0.3, 0.4) is 0 Å². The summed E-state index contributed by atoms with van der Waals surface area (Å²) in [5, 5.41) is 3.54. The van der Waals surface area contributed by atoms with Gasteiger partial charge in [0.25, 0.3) is 0 Å². The molecule has 1 saturated heterocycles. The van der Waals surface area contributed by atoms with Crippen molar-refractivity contribution in [2.45, 2.75) is 26.3 Å². The van der Waals surface area contributed by atoms with Crippen molar-refractivity contribution in [3.05, 3.63) is 42.4 Å². The minimum Gasteiger partial charge on any atom is -0.356 e. The van der Waals surface area contributed by atoms with E-state index in [4.69, 9.17) is 0 Å². The van der Waals surface area contributed by atoms with Gasteiger partial charge in [0.15, 0.2) is 5.96 Å². The molecule has 6 heteroatoms. The number of rotatable bonds is 7. The van der Waals surface area contributed by atoms with E-state index in [1.807, 2.05) is 31.4 Å². The first-order chi connectivity index (χ1) is 13.2. The molecule has 0 saturated carbocycles. The Bertz CT molecular complexity index is 723. The maximum Gasteiger partial charge on any atom is 0.193 e. The van der Waals surface area contributed by atoms with E-state index < -0.39 is 0 Å². The van der Waals surface area contributed by atoms with Gasteiger partial charge in [-0.2, -0.15) is 0 Å². The standard InChI is InChI=1S/C21H32N6/c1-4-11-27-12-10-17(15-27)13-24-21(22-2)26(3)16-20-23-14-19(25-20)18-8-6-5-7-9-18/h5-9,14,17H,4,10-13,15-16H2,1-3H3,(H,22,24)(H,23,25). The maximum atomic E-state index is 4.53. The second-order valence-corrected chi connectivity index (χ2v) is 7.35. The van der Waals surface area contributed by atoms with Crippen molar-refractivity contribution in [2.24, 2.45) is 10.9 Å². The largest absolute Gasteiger partial charge is 0.356 e. The SMILES string of the molecule is CCCN1CCC(CNC(=NC)N(C)Cc2ncc(-c3ccccc3)[nH]2)C1. The molecule has 1 aliphatic heterocycles. The van der Waals surface area contributed by atoms with Crippen LogP contribution in [-0.2, 0) is 6.54 Å².